The molecule has 2 atom stereocenters. The summed E-state index contributed by atoms with van der Waals surface area (Å²) in [6.07, 6.45) is 6.30. The van der Waals surface area contributed by atoms with Crippen LogP contribution in [-0.2, 0) is 0 Å². The zero-order chi connectivity index (χ0) is 11.8. The molecular formula is C14H27NO. The van der Waals surface area contributed by atoms with Gasteiger partial charge < -0.3 is 5.11 Å². The Bertz CT molecular complexity index is 235. The smallest absolute Gasteiger partial charge is 0.0746 e. The van der Waals surface area contributed by atoms with Gasteiger partial charge in [0.2, 0.25) is 0 Å². The predicted octanol–water partition coefficient (Wildman–Crippen LogP) is 2.66. The van der Waals surface area contributed by atoms with E-state index in [0.29, 0.717) is 6.04 Å². The molecule has 2 aliphatic carbocycles. The molecule has 0 aliphatic heterocycles. The summed E-state index contributed by atoms with van der Waals surface area (Å²) in [5, 5.41) is 10.5. The number of aliphatic hydroxyl groups is 1. The highest BCUT2D eigenvalue weighted by Gasteiger charge is 2.41. The van der Waals surface area contributed by atoms with Crippen molar-refractivity contribution in [3.05, 3.63) is 0 Å². The third-order valence-electron chi connectivity index (χ3n) is 4.55. The second-order valence-corrected chi connectivity index (χ2v) is 6.42. The lowest BCUT2D eigenvalue weighted by Crippen LogP contribution is -2.52. The molecule has 0 heterocycles. The molecule has 0 aromatic heterocycles. The lowest BCUT2D eigenvalue weighted by Gasteiger charge is -2.45. The molecule has 16 heavy (non-hydrogen) atoms. The summed E-state index contributed by atoms with van der Waals surface area (Å²) in [6.45, 7) is 8.98. The Balaban J connectivity index is 1.99. The SMILES string of the molecule is CCN(CC1CC1)C1CCCC(C)(C)C1O. The van der Waals surface area contributed by atoms with Gasteiger partial charge in [0, 0.05) is 12.6 Å². The van der Waals surface area contributed by atoms with E-state index < -0.39 is 0 Å². The standard InChI is InChI=1S/C14H27NO/c1-4-15(10-11-7-8-11)12-6-5-9-14(2,3)13(12)16/h11-13,16H,4-10H2,1-3H3. The molecule has 2 rings (SSSR count). The Morgan fingerprint density at radius 2 is 1.94 bits per heavy atom. The number of aliphatic hydroxyl groups excluding tert-OH is 1. The van der Waals surface area contributed by atoms with Crippen molar-refractivity contribution >= 4 is 0 Å². The monoisotopic (exact) mass is 225 g/mol. The van der Waals surface area contributed by atoms with Gasteiger partial charge in [0.25, 0.3) is 0 Å². The fraction of sp³-hybridized carbons (Fsp3) is 1.00. The van der Waals surface area contributed by atoms with Crippen LogP contribution in [0.2, 0.25) is 0 Å². The Labute approximate surface area is 100 Å². The van der Waals surface area contributed by atoms with Crippen LogP contribution in [0.3, 0.4) is 0 Å². The van der Waals surface area contributed by atoms with Gasteiger partial charge in [-0.05, 0) is 43.6 Å². The van der Waals surface area contributed by atoms with Gasteiger partial charge in [0.15, 0.2) is 0 Å². The molecule has 0 bridgehead atoms. The molecule has 0 amide bonds. The first kappa shape index (κ1) is 12.4. The van der Waals surface area contributed by atoms with Crippen LogP contribution < -0.4 is 0 Å². The van der Waals surface area contributed by atoms with Crippen LogP contribution in [-0.4, -0.2) is 35.2 Å². The van der Waals surface area contributed by atoms with Gasteiger partial charge in [0.1, 0.15) is 0 Å². The highest BCUT2D eigenvalue weighted by atomic mass is 16.3. The van der Waals surface area contributed by atoms with Crippen molar-refractivity contribution in [3.8, 4) is 0 Å². The largest absolute Gasteiger partial charge is 0.391 e. The second kappa shape index (κ2) is 4.66. The Morgan fingerprint density at radius 3 is 2.50 bits per heavy atom. The molecule has 0 aromatic rings. The van der Waals surface area contributed by atoms with E-state index in [2.05, 4.69) is 25.7 Å². The van der Waals surface area contributed by atoms with Crippen molar-refractivity contribution in [1.82, 2.24) is 4.90 Å². The first-order valence-electron chi connectivity index (χ1n) is 6.96. The second-order valence-electron chi connectivity index (χ2n) is 6.42. The third kappa shape index (κ3) is 2.60. The van der Waals surface area contributed by atoms with E-state index in [1.54, 1.807) is 0 Å². The van der Waals surface area contributed by atoms with Crippen LogP contribution in [0.15, 0.2) is 0 Å². The summed E-state index contributed by atoms with van der Waals surface area (Å²) in [7, 11) is 0. The summed E-state index contributed by atoms with van der Waals surface area (Å²) in [4.78, 5) is 2.53. The molecule has 0 aromatic carbocycles. The van der Waals surface area contributed by atoms with E-state index in [4.69, 9.17) is 0 Å². The molecule has 0 saturated heterocycles. The average molecular weight is 225 g/mol. The lowest BCUT2D eigenvalue weighted by molar-refractivity contribution is -0.0570. The van der Waals surface area contributed by atoms with E-state index >= 15 is 0 Å². The maximum atomic E-state index is 10.5. The quantitative estimate of drug-likeness (QED) is 0.795. The first-order chi connectivity index (χ1) is 7.54. The molecule has 2 nitrogen and oxygen atoms in total. The summed E-state index contributed by atoms with van der Waals surface area (Å²) in [5.41, 5.74) is 0.111. The van der Waals surface area contributed by atoms with Crippen molar-refractivity contribution in [2.75, 3.05) is 13.1 Å². The maximum Gasteiger partial charge on any atom is 0.0746 e. The van der Waals surface area contributed by atoms with Crippen LogP contribution in [0.4, 0.5) is 0 Å². The van der Waals surface area contributed by atoms with Crippen LogP contribution in [0.1, 0.15) is 52.9 Å². The van der Waals surface area contributed by atoms with Gasteiger partial charge in [-0.1, -0.05) is 27.2 Å². The fourth-order valence-electron chi connectivity index (χ4n) is 3.11. The molecule has 2 unspecified atom stereocenters. The number of likely N-dealkylation sites (N-methyl/N-ethyl adjacent to an activating group) is 1. The Hall–Kier alpha value is -0.0800. The van der Waals surface area contributed by atoms with Gasteiger partial charge in [0.05, 0.1) is 6.10 Å². The van der Waals surface area contributed by atoms with Gasteiger partial charge in [-0.15, -0.1) is 0 Å². The highest BCUT2D eigenvalue weighted by molar-refractivity contribution is 4.94. The minimum absolute atomic E-state index is 0.111. The van der Waals surface area contributed by atoms with E-state index in [-0.39, 0.29) is 11.5 Å². The third-order valence-corrected chi connectivity index (χ3v) is 4.55. The van der Waals surface area contributed by atoms with Crippen molar-refractivity contribution in [1.29, 1.82) is 0 Å². The Kier molecular flexibility index (Phi) is 3.60. The summed E-state index contributed by atoms with van der Waals surface area (Å²) < 4.78 is 0. The molecular weight excluding hydrogens is 198 g/mol. The zero-order valence-electron chi connectivity index (χ0n) is 11.1. The van der Waals surface area contributed by atoms with Crippen molar-refractivity contribution < 1.29 is 5.11 Å². The molecule has 1 N–H and O–H groups in total. The van der Waals surface area contributed by atoms with Crippen LogP contribution in [0, 0.1) is 11.3 Å². The minimum Gasteiger partial charge on any atom is -0.391 e. The predicted molar refractivity (Wildman–Crippen MR) is 67.4 cm³/mol. The molecule has 2 saturated carbocycles. The van der Waals surface area contributed by atoms with Crippen LogP contribution in [0.25, 0.3) is 0 Å². The number of rotatable bonds is 4. The molecule has 2 aliphatic rings. The summed E-state index contributed by atoms with van der Waals surface area (Å²) in [6, 6.07) is 0.411. The molecule has 2 fully saturated rings. The van der Waals surface area contributed by atoms with Crippen molar-refractivity contribution in [2.24, 2.45) is 11.3 Å². The number of nitrogens with zero attached hydrogens (tertiary/aromatic N) is 1. The lowest BCUT2D eigenvalue weighted by atomic mass is 9.72. The highest BCUT2D eigenvalue weighted by Crippen LogP contribution is 2.39. The number of hydrogen-bond acceptors (Lipinski definition) is 2. The van der Waals surface area contributed by atoms with E-state index in [1.807, 2.05) is 0 Å². The summed E-state index contributed by atoms with van der Waals surface area (Å²) in [5.74, 6) is 0.928. The van der Waals surface area contributed by atoms with Gasteiger partial charge in [-0.2, -0.15) is 0 Å². The van der Waals surface area contributed by atoms with E-state index in [1.165, 1.54) is 38.6 Å². The average Bonchev–Trinajstić information content (AvgIpc) is 3.03. The Morgan fingerprint density at radius 1 is 1.25 bits per heavy atom. The molecule has 0 radical (unpaired) electrons. The molecule has 94 valence electrons. The molecule has 2 heteroatoms. The number of hydrogen-bond donors (Lipinski definition) is 1. The normalized spacial score (nSPS) is 34.3. The van der Waals surface area contributed by atoms with Crippen molar-refractivity contribution in [3.63, 3.8) is 0 Å². The topological polar surface area (TPSA) is 23.5 Å². The van der Waals surface area contributed by atoms with Gasteiger partial charge in [-0.25, -0.2) is 0 Å². The van der Waals surface area contributed by atoms with Crippen LogP contribution in [0.5, 0.6) is 0 Å². The minimum atomic E-state index is -0.139. The van der Waals surface area contributed by atoms with Gasteiger partial charge in [-0.3, -0.25) is 4.90 Å². The van der Waals surface area contributed by atoms with E-state index in [0.717, 1.165) is 12.5 Å². The van der Waals surface area contributed by atoms with Gasteiger partial charge >= 0.3 is 0 Å². The van der Waals surface area contributed by atoms with E-state index in [9.17, 15) is 5.11 Å². The van der Waals surface area contributed by atoms with Crippen molar-refractivity contribution in [2.45, 2.75) is 65.0 Å². The summed E-state index contributed by atoms with van der Waals surface area (Å²) >= 11 is 0. The maximum absolute atomic E-state index is 10.5. The first-order valence-corrected chi connectivity index (χ1v) is 6.96. The molecule has 0 spiro atoms. The van der Waals surface area contributed by atoms with Crippen LogP contribution >= 0.6 is 0 Å². The fourth-order valence-corrected chi connectivity index (χ4v) is 3.11. The zero-order valence-corrected chi connectivity index (χ0v) is 11.1.